The van der Waals surface area contributed by atoms with E-state index in [-0.39, 0.29) is 23.9 Å². The first-order chi connectivity index (χ1) is 16.4. The fourth-order valence-electron chi connectivity index (χ4n) is 3.11. The standard InChI is InChI=1S/C25H30N4O5/c1-3-27-10-9-23(26)28-24(31)19-13-21(33-17(2)16-30)15-22(14-19)34-20-7-5-18(6-8-20)25(32)29-11-4-12-29/h5-10,13-15,17,27,30H,3-4,11-12,16H2,1-2H3,(H2,26,28,31)/p+1/b10-9-/t17-/m0/s1. The second-order valence-corrected chi connectivity index (χ2v) is 7.88. The molecule has 0 radical (unpaired) electrons. The van der Waals surface area contributed by atoms with Crippen LogP contribution in [0.3, 0.4) is 0 Å². The highest BCUT2D eigenvalue weighted by atomic mass is 16.5. The molecule has 3 rings (SSSR count). The molecule has 9 nitrogen and oxygen atoms in total. The number of benzene rings is 2. The summed E-state index contributed by atoms with van der Waals surface area (Å²) in [6, 6.07) is 11.6. The minimum Gasteiger partial charge on any atom is -0.488 e. The Balaban J connectivity index is 1.77. The van der Waals surface area contributed by atoms with Gasteiger partial charge in [0, 0.05) is 43.5 Å². The monoisotopic (exact) mass is 467 g/mol. The van der Waals surface area contributed by atoms with Gasteiger partial charge in [0.15, 0.2) is 0 Å². The molecule has 2 amide bonds. The fraction of sp³-hybridized carbons (Fsp3) is 0.320. The molecule has 9 heteroatoms. The summed E-state index contributed by atoms with van der Waals surface area (Å²) in [6.45, 7) is 5.76. The molecular weight excluding hydrogens is 436 g/mol. The summed E-state index contributed by atoms with van der Waals surface area (Å²) >= 11 is 0. The zero-order valence-electron chi connectivity index (χ0n) is 19.4. The van der Waals surface area contributed by atoms with E-state index in [9.17, 15) is 14.7 Å². The van der Waals surface area contributed by atoms with Crippen LogP contribution in [0.2, 0.25) is 0 Å². The summed E-state index contributed by atoms with van der Waals surface area (Å²) in [5, 5.41) is 20.8. The van der Waals surface area contributed by atoms with Crippen LogP contribution in [-0.4, -0.2) is 60.0 Å². The van der Waals surface area contributed by atoms with Crippen LogP contribution in [0.15, 0.2) is 54.7 Å². The second-order valence-electron chi connectivity index (χ2n) is 7.88. The number of carbonyl (C=O) groups is 2. The molecule has 0 saturated carbocycles. The average molecular weight is 468 g/mol. The highest BCUT2D eigenvalue weighted by Gasteiger charge is 2.21. The third-order valence-corrected chi connectivity index (χ3v) is 5.06. The maximum atomic E-state index is 12.7. The third kappa shape index (κ3) is 6.82. The van der Waals surface area contributed by atoms with E-state index in [1.807, 2.05) is 6.92 Å². The zero-order valence-corrected chi connectivity index (χ0v) is 19.4. The van der Waals surface area contributed by atoms with Crippen molar-refractivity contribution in [3.63, 3.8) is 0 Å². The average Bonchev–Trinajstić information content (AvgIpc) is 2.78. The van der Waals surface area contributed by atoms with E-state index in [0.717, 1.165) is 26.1 Å². The van der Waals surface area contributed by atoms with Crippen molar-refractivity contribution in [3.05, 3.63) is 65.9 Å². The first-order valence-corrected chi connectivity index (χ1v) is 11.2. The van der Waals surface area contributed by atoms with Crippen LogP contribution in [0, 0.1) is 0 Å². The fourth-order valence-corrected chi connectivity index (χ4v) is 3.11. The van der Waals surface area contributed by atoms with Gasteiger partial charge in [-0.2, -0.15) is 0 Å². The van der Waals surface area contributed by atoms with Crippen molar-refractivity contribution in [2.24, 2.45) is 0 Å². The van der Waals surface area contributed by atoms with Crippen LogP contribution in [0.1, 0.15) is 41.0 Å². The molecule has 34 heavy (non-hydrogen) atoms. The third-order valence-electron chi connectivity index (χ3n) is 5.06. The lowest BCUT2D eigenvalue weighted by atomic mass is 10.1. The van der Waals surface area contributed by atoms with Gasteiger partial charge in [-0.05, 0) is 56.7 Å². The van der Waals surface area contributed by atoms with E-state index in [0.29, 0.717) is 22.8 Å². The maximum absolute atomic E-state index is 12.7. The molecule has 1 atom stereocenters. The molecule has 1 saturated heterocycles. The first kappa shape index (κ1) is 24.8. The van der Waals surface area contributed by atoms with E-state index < -0.39 is 12.0 Å². The van der Waals surface area contributed by atoms with Crippen molar-refractivity contribution in [1.82, 2.24) is 15.5 Å². The minimum absolute atomic E-state index is 0.00201. The van der Waals surface area contributed by atoms with Crippen LogP contribution >= 0.6 is 0 Å². The normalized spacial score (nSPS) is 13.7. The summed E-state index contributed by atoms with van der Waals surface area (Å²) in [5.74, 6) is 0.944. The Hall–Kier alpha value is -3.85. The lowest BCUT2D eigenvalue weighted by Crippen LogP contribution is -2.49. The number of nitrogens with zero attached hydrogens (tertiary/aromatic N) is 1. The molecule has 1 heterocycles. The molecule has 2 aromatic carbocycles. The lowest BCUT2D eigenvalue weighted by molar-refractivity contribution is -0.115. The van der Waals surface area contributed by atoms with Gasteiger partial charge in [-0.3, -0.25) is 10.2 Å². The molecule has 2 aromatic rings. The number of nitrogens with two attached hydrogens (primary N) is 1. The van der Waals surface area contributed by atoms with Crippen molar-refractivity contribution in [2.45, 2.75) is 26.4 Å². The van der Waals surface area contributed by atoms with Gasteiger partial charge in [0.25, 0.3) is 11.7 Å². The number of hydrogen-bond acceptors (Lipinski definition) is 6. The van der Waals surface area contributed by atoms with Gasteiger partial charge >= 0.3 is 5.91 Å². The van der Waals surface area contributed by atoms with Crippen LogP contribution < -0.4 is 25.5 Å². The summed E-state index contributed by atoms with van der Waals surface area (Å²) in [4.78, 5) is 26.9. The van der Waals surface area contributed by atoms with Gasteiger partial charge in [-0.15, -0.1) is 0 Å². The Bertz CT molecular complexity index is 1050. The van der Waals surface area contributed by atoms with E-state index in [2.05, 4.69) is 10.6 Å². The van der Waals surface area contributed by atoms with Crippen molar-refractivity contribution < 1.29 is 29.6 Å². The Morgan fingerprint density at radius 2 is 1.82 bits per heavy atom. The molecule has 0 spiro atoms. The Kier molecular flexibility index (Phi) is 8.64. The molecule has 0 aromatic heterocycles. The van der Waals surface area contributed by atoms with E-state index in [1.165, 1.54) is 0 Å². The highest BCUT2D eigenvalue weighted by molar-refractivity contribution is 6.08. The SMILES string of the molecule is CCN/C=C\C(=[NH2+])NC(=O)c1cc(Oc2ccc(C(=O)N3CCC3)cc2)cc(O[C@@H](C)CO)c1. The number of amides is 2. The van der Waals surface area contributed by atoms with Gasteiger partial charge in [-0.25, -0.2) is 10.1 Å². The van der Waals surface area contributed by atoms with E-state index >= 15 is 0 Å². The van der Waals surface area contributed by atoms with Crippen LogP contribution in [0.4, 0.5) is 0 Å². The smallest absolute Gasteiger partial charge is 0.339 e. The van der Waals surface area contributed by atoms with Gasteiger partial charge in [0.1, 0.15) is 23.4 Å². The number of aliphatic hydroxyl groups is 1. The number of rotatable bonds is 10. The molecule has 180 valence electrons. The first-order valence-electron chi connectivity index (χ1n) is 11.2. The van der Waals surface area contributed by atoms with Crippen molar-refractivity contribution >= 4 is 17.6 Å². The van der Waals surface area contributed by atoms with Crippen molar-refractivity contribution in [3.8, 4) is 17.2 Å². The minimum atomic E-state index is -0.474. The van der Waals surface area contributed by atoms with Crippen molar-refractivity contribution in [1.29, 1.82) is 0 Å². The molecule has 0 bridgehead atoms. The topological polar surface area (TPSA) is 126 Å². The number of aliphatic hydroxyl groups excluding tert-OH is 1. The van der Waals surface area contributed by atoms with Crippen LogP contribution in [-0.2, 0) is 0 Å². The molecule has 0 aliphatic carbocycles. The van der Waals surface area contributed by atoms with E-state index in [4.69, 9.17) is 14.9 Å². The number of hydrogen-bond donors (Lipinski definition) is 4. The number of carbonyl (C=O) groups excluding carboxylic acids is 2. The van der Waals surface area contributed by atoms with Crippen LogP contribution in [0.5, 0.6) is 17.2 Å². The van der Waals surface area contributed by atoms with Gasteiger partial charge < -0.3 is 24.8 Å². The summed E-state index contributed by atoms with van der Waals surface area (Å²) in [6.07, 6.45) is 3.75. The Morgan fingerprint density at radius 3 is 2.44 bits per heavy atom. The maximum Gasteiger partial charge on any atom is 0.339 e. The Labute approximate surface area is 198 Å². The number of amidine groups is 1. The molecular formula is C25H31N4O5+. The highest BCUT2D eigenvalue weighted by Crippen LogP contribution is 2.29. The molecule has 1 fully saturated rings. The van der Waals surface area contributed by atoms with Gasteiger partial charge in [0.2, 0.25) is 0 Å². The predicted octanol–water partition coefficient (Wildman–Crippen LogP) is 1.10. The number of likely N-dealkylation sites (tertiary alicyclic amines) is 1. The summed E-state index contributed by atoms with van der Waals surface area (Å²) in [7, 11) is 0. The van der Waals surface area contributed by atoms with Crippen molar-refractivity contribution in [2.75, 3.05) is 26.2 Å². The molecule has 1 aliphatic rings. The largest absolute Gasteiger partial charge is 0.488 e. The lowest BCUT2D eigenvalue weighted by Gasteiger charge is -2.30. The predicted molar refractivity (Wildman–Crippen MR) is 128 cm³/mol. The Morgan fingerprint density at radius 1 is 1.12 bits per heavy atom. The molecule has 1 aliphatic heterocycles. The van der Waals surface area contributed by atoms with Crippen LogP contribution in [0.25, 0.3) is 0 Å². The summed E-state index contributed by atoms with van der Waals surface area (Å²) in [5.41, 5.74) is 0.861. The van der Waals surface area contributed by atoms with Gasteiger partial charge in [0.05, 0.1) is 12.2 Å². The molecule has 0 unspecified atom stereocenters. The number of nitrogens with one attached hydrogen (secondary N) is 2. The zero-order chi connectivity index (χ0) is 24.5. The molecule has 5 N–H and O–H groups in total. The summed E-state index contributed by atoms with van der Waals surface area (Å²) < 4.78 is 11.6. The number of ether oxygens (including phenoxy) is 2. The van der Waals surface area contributed by atoms with Gasteiger partial charge in [-0.1, -0.05) is 0 Å². The van der Waals surface area contributed by atoms with E-state index in [1.54, 1.807) is 66.6 Å². The quantitative estimate of drug-likeness (QED) is 0.306. The second kappa shape index (κ2) is 11.9.